The molecule has 0 saturated heterocycles. The molecule has 0 bridgehead atoms. The maximum absolute atomic E-state index is 5.88. The second kappa shape index (κ2) is 2.58. The molecule has 0 aliphatic heterocycles. The predicted octanol–water partition coefficient (Wildman–Crippen LogP) is 2.39. The van der Waals surface area contributed by atoms with Crippen molar-refractivity contribution in [3.63, 3.8) is 0 Å². The molecular weight excluding hydrogens is 172 g/mol. The van der Waals surface area contributed by atoms with E-state index in [-0.39, 0.29) is 0 Å². The Hall–Kier alpha value is -1.83. The molecule has 0 spiro atoms. The summed E-state index contributed by atoms with van der Waals surface area (Å²) >= 11 is 0. The zero-order valence-electron chi connectivity index (χ0n) is 7.70. The summed E-state index contributed by atoms with van der Waals surface area (Å²) in [5, 5.41) is 1.22. The van der Waals surface area contributed by atoms with Crippen LogP contribution in [0.15, 0.2) is 30.3 Å². The lowest BCUT2D eigenvalue weighted by Crippen LogP contribution is -1.97. The second-order valence-corrected chi connectivity index (χ2v) is 3.51. The number of nitrogen functional groups attached to an aromatic ring is 1. The van der Waals surface area contributed by atoms with E-state index in [1.807, 2.05) is 18.2 Å². The van der Waals surface area contributed by atoms with Gasteiger partial charge in [-0.1, -0.05) is 30.4 Å². The molecule has 2 nitrogen and oxygen atoms in total. The smallest absolute Gasteiger partial charge is 0.131 e. The summed E-state index contributed by atoms with van der Waals surface area (Å²) in [5.41, 5.74) is 9.28. The van der Waals surface area contributed by atoms with E-state index in [1.54, 1.807) is 0 Å². The molecule has 2 aromatic rings. The second-order valence-electron chi connectivity index (χ2n) is 3.51. The van der Waals surface area contributed by atoms with Gasteiger partial charge in [-0.05, 0) is 18.1 Å². The highest BCUT2D eigenvalue weighted by molar-refractivity contribution is 5.90. The summed E-state index contributed by atoms with van der Waals surface area (Å²) in [6.07, 6.45) is 5.17. The predicted molar refractivity (Wildman–Crippen MR) is 58.9 cm³/mol. The molecule has 0 atom stereocenters. The van der Waals surface area contributed by atoms with Crippen LogP contribution >= 0.6 is 0 Å². The average Bonchev–Trinajstić information content (AvgIpc) is 2.67. The third kappa shape index (κ3) is 0.880. The molecule has 0 radical (unpaired) electrons. The van der Waals surface area contributed by atoms with Crippen LogP contribution in [0.5, 0.6) is 0 Å². The SMILES string of the molecule is Nc1nc2ccccc2c2c1C=CC2. The molecule has 2 N–H and O–H groups in total. The van der Waals surface area contributed by atoms with Crippen LogP contribution in [-0.4, -0.2) is 4.98 Å². The van der Waals surface area contributed by atoms with Crippen LogP contribution < -0.4 is 5.73 Å². The fraction of sp³-hybridized carbons (Fsp3) is 0.0833. The van der Waals surface area contributed by atoms with Gasteiger partial charge in [-0.15, -0.1) is 0 Å². The highest BCUT2D eigenvalue weighted by Gasteiger charge is 2.13. The molecule has 68 valence electrons. The van der Waals surface area contributed by atoms with Crippen molar-refractivity contribution >= 4 is 22.8 Å². The molecule has 0 amide bonds. The Labute approximate surface area is 82.1 Å². The fourth-order valence-corrected chi connectivity index (χ4v) is 2.02. The molecule has 1 aliphatic carbocycles. The van der Waals surface area contributed by atoms with Crippen LogP contribution in [-0.2, 0) is 6.42 Å². The zero-order chi connectivity index (χ0) is 9.54. The molecule has 0 unspecified atom stereocenters. The van der Waals surface area contributed by atoms with Crippen molar-refractivity contribution in [3.05, 3.63) is 41.5 Å². The van der Waals surface area contributed by atoms with Crippen molar-refractivity contribution in [2.45, 2.75) is 6.42 Å². The highest BCUT2D eigenvalue weighted by Crippen LogP contribution is 2.30. The third-order valence-electron chi connectivity index (χ3n) is 2.68. The lowest BCUT2D eigenvalue weighted by atomic mass is 10.0. The number of nitrogens with two attached hydrogens (primary N) is 1. The van der Waals surface area contributed by atoms with Gasteiger partial charge in [0.2, 0.25) is 0 Å². The number of fused-ring (bicyclic) bond motifs is 3. The van der Waals surface area contributed by atoms with Gasteiger partial charge in [0.1, 0.15) is 5.82 Å². The lowest BCUT2D eigenvalue weighted by Gasteiger charge is -2.06. The molecule has 0 fully saturated rings. The number of pyridine rings is 1. The standard InChI is InChI=1S/C12H10N2/c13-12-10-6-3-5-8(10)9-4-1-2-7-11(9)14-12/h1-4,6-7H,5H2,(H2,13,14). The van der Waals surface area contributed by atoms with Crippen LogP contribution in [0.2, 0.25) is 0 Å². The number of rotatable bonds is 0. The monoisotopic (exact) mass is 182 g/mol. The van der Waals surface area contributed by atoms with E-state index in [4.69, 9.17) is 5.73 Å². The van der Waals surface area contributed by atoms with Gasteiger partial charge in [-0.3, -0.25) is 0 Å². The molecule has 1 aromatic heterocycles. The topological polar surface area (TPSA) is 38.9 Å². The summed E-state index contributed by atoms with van der Waals surface area (Å²) in [7, 11) is 0. The summed E-state index contributed by atoms with van der Waals surface area (Å²) in [4.78, 5) is 4.37. The Kier molecular flexibility index (Phi) is 1.39. The largest absolute Gasteiger partial charge is 0.383 e. The van der Waals surface area contributed by atoms with Crippen molar-refractivity contribution in [2.24, 2.45) is 0 Å². The molecule has 1 aliphatic rings. The van der Waals surface area contributed by atoms with Gasteiger partial charge in [0.25, 0.3) is 0 Å². The maximum Gasteiger partial charge on any atom is 0.131 e. The molecular formula is C12H10N2. The molecule has 2 heteroatoms. The number of para-hydroxylation sites is 1. The Morgan fingerprint density at radius 3 is 3.00 bits per heavy atom. The lowest BCUT2D eigenvalue weighted by molar-refractivity contribution is 1.30. The number of hydrogen-bond donors (Lipinski definition) is 1. The Balaban J connectivity index is 2.49. The molecule has 0 saturated carbocycles. The van der Waals surface area contributed by atoms with Crippen LogP contribution in [0.3, 0.4) is 0 Å². The highest BCUT2D eigenvalue weighted by atomic mass is 14.8. The minimum atomic E-state index is 0.646. The molecule has 1 aromatic carbocycles. The van der Waals surface area contributed by atoms with Crippen LogP contribution in [0, 0.1) is 0 Å². The van der Waals surface area contributed by atoms with Crippen molar-refractivity contribution in [3.8, 4) is 0 Å². The summed E-state index contributed by atoms with van der Waals surface area (Å²) in [5.74, 6) is 0.646. The van der Waals surface area contributed by atoms with Crippen LogP contribution in [0.1, 0.15) is 11.1 Å². The van der Waals surface area contributed by atoms with Gasteiger partial charge < -0.3 is 5.73 Å². The first kappa shape index (κ1) is 7.56. The third-order valence-corrected chi connectivity index (χ3v) is 2.68. The normalized spacial score (nSPS) is 13.4. The van der Waals surface area contributed by atoms with E-state index in [0.717, 1.165) is 17.5 Å². The minimum Gasteiger partial charge on any atom is -0.383 e. The van der Waals surface area contributed by atoms with Gasteiger partial charge in [-0.2, -0.15) is 0 Å². The van der Waals surface area contributed by atoms with Gasteiger partial charge in [0, 0.05) is 10.9 Å². The summed E-state index contributed by atoms with van der Waals surface area (Å²) in [6.45, 7) is 0. The van der Waals surface area contributed by atoms with Crippen LogP contribution in [0.4, 0.5) is 5.82 Å². The van der Waals surface area contributed by atoms with E-state index in [1.165, 1.54) is 10.9 Å². The van der Waals surface area contributed by atoms with Gasteiger partial charge in [0.05, 0.1) is 5.52 Å². The zero-order valence-corrected chi connectivity index (χ0v) is 7.70. The molecule has 14 heavy (non-hydrogen) atoms. The fourth-order valence-electron chi connectivity index (χ4n) is 2.02. The number of allylic oxidation sites excluding steroid dienone is 1. The number of aromatic nitrogens is 1. The summed E-state index contributed by atoms with van der Waals surface area (Å²) < 4.78 is 0. The quantitative estimate of drug-likeness (QED) is 0.679. The van der Waals surface area contributed by atoms with Crippen LogP contribution in [0.25, 0.3) is 17.0 Å². The number of benzene rings is 1. The van der Waals surface area contributed by atoms with Gasteiger partial charge in [0.15, 0.2) is 0 Å². The summed E-state index contributed by atoms with van der Waals surface area (Å²) in [6, 6.07) is 8.14. The number of anilines is 1. The first-order valence-corrected chi connectivity index (χ1v) is 4.70. The van der Waals surface area contributed by atoms with Crippen molar-refractivity contribution in [1.29, 1.82) is 0 Å². The first-order chi connectivity index (χ1) is 6.86. The minimum absolute atomic E-state index is 0.646. The number of nitrogens with zero attached hydrogens (tertiary/aromatic N) is 1. The average molecular weight is 182 g/mol. The molecule has 1 heterocycles. The van der Waals surface area contributed by atoms with Gasteiger partial charge >= 0.3 is 0 Å². The van der Waals surface area contributed by atoms with Gasteiger partial charge in [-0.25, -0.2) is 4.98 Å². The van der Waals surface area contributed by atoms with E-state index >= 15 is 0 Å². The maximum atomic E-state index is 5.88. The Morgan fingerprint density at radius 2 is 2.07 bits per heavy atom. The Bertz CT molecular complexity index is 541. The van der Waals surface area contributed by atoms with E-state index in [2.05, 4.69) is 23.2 Å². The van der Waals surface area contributed by atoms with E-state index < -0.39 is 0 Å². The van der Waals surface area contributed by atoms with E-state index in [9.17, 15) is 0 Å². The first-order valence-electron chi connectivity index (χ1n) is 4.70. The van der Waals surface area contributed by atoms with Crippen molar-refractivity contribution in [1.82, 2.24) is 4.98 Å². The van der Waals surface area contributed by atoms with Crippen molar-refractivity contribution in [2.75, 3.05) is 5.73 Å². The van der Waals surface area contributed by atoms with E-state index in [0.29, 0.717) is 5.82 Å². The number of hydrogen-bond acceptors (Lipinski definition) is 2. The van der Waals surface area contributed by atoms with Crippen molar-refractivity contribution < 1.29 is 0 Å². The Morgan fingerprint density at radius 1 is 1.21 bits per heavy atom. The molecule has 3 rings (SSSR count).